The monoisotopic (exact) mass is 271 g/mol. The van der Waals surface area contributed by atoms with Gasteiger partial charge in [-0.25, -0.2) is 9.37 Å². The van der Waals surface area contributed by atoms with Crippen molar-refractivity contribution in [2.75, 3.05) is 18.0 Å². The summed E-state index contributed by atoms with van der Waals surface area (Å²) in [4.78, 5) is 6.17. The van der Waals surface area contributed by atoms with Gasteiger partial charge < -0.3 is 10.2 Å². The number of rotatable bonds is 4. The summed E-state index contributed by atoms with van der Waals surface area (Å²) in [6.07, 6.45) is 3.66. The molecule has 0 bridgehead atoms. The molecule has 1 aliphatic rings. The number of hydrogen-bond donors (Lipinski definition) is 1. The Labute approximate surface area is 112 Å². The van der Waals surface area contributed by atoms with Crippen molar-refractivity contribution in [3.63, 3.8) is 0 Å². The van der Waals surface area contributed by atoms with Gasteiger partial charge in [-0.3, -0.25) is 0 Å². The number of pyridine rings is 1. The average molecular weight is 272 g/mol. The van der Waals surface area contributed by atoms with Crippen LogP contribution in [0.3, 0.4) is 0 Å². The van der Waals surface area contributed by atoms with Gasteiger partial charge >= 0.3 is 0 Å². The second-order valence-electron chi connectivity index (χ2n) is 5.01. The molecule has 1 aromatic heterocycles. The SMILES string of the molecule is CC(C)NCC1CCCN1c1ncc(Cl)cc1F. The molecule has 3 nitrogen and oxygen atoms in total. The third-order valence-corrected chi connectivity index (χ3v) is 3.41. The van der Waals surface area contributed by atoms with Crippen LogP contribution in [0.25, 0.3) is 0 Å². The van der Waals surface area contributed by atoms with Crippen LogP contribution in [-0.4, -0.2) is 30.2 Å². The maximum absolute atomic E-state index is 13.9. The molecule has 1 unspecified atom stereocenters. The van der Waals surface area contributed by atoms with E-state index < -0.39 is 0 Å². The van der Waals surface area contributed by atoms with Gasteiger partial charge in [-0.05, 0) is 18.9 Å². The van der Waals surface area contributed by atoms with Crippen LogP contribution >= 0.6 is 11.6 Å². The van der Waals surface area contributed by atoms with Crippen molar-refractivity contribution < 1.29 is 4.39 Å². The summed E-state index contributed by atoms with van der Waals surface area (Å²) < 4.78 is 13.9. The molecule has 2 rings (SSSR count). The van der Waals surface area contributed by atoms with Crippen LogP contribution in [0.5, 0.6) is 0 Å². The van der Waals surface area contributed by atoms with E-state index in [9.17, 15) is 4.39 Å². The first kappa shape index (κ1) is 13.6. The van der Waals surface area contributed by atoms with Crippen molar-refractivity contribution in [2.24, 2.45) is 0 Å². The Hall–Kier alpha value is -0.870. The van der Waals surface area contributed by atoms with E-state index in [0.717, 1.165) is 25.9 Å². The molecule has 0 saturated carbocycles. The fourth-order valence-corrected chi connectivity index (χ4v) is 2.46. The molecule has 5 heteroatoms. The van der Waals surface area contributed by atoms with Crippen molar-refractivity contribution >= 4 is 17.4 Å². The highest BCUT2D eigenvalue weighted by Crippen LogP contribution is 2.27. The second-order valence-corrected chi connectivity index (χ2v) is 5.45. The summed E-state index contributed by atoms with van der Waals surface area (Å²) in [6, 6.07) is 2.08. The fourth-order valence-electron chi connectivity index (χ4n) is 2.32. The van der Waals surface area contributed by atoms with E-state index in [1.165, 1.54) is 12.3 Å². The Morgan fingerprint density at radius 1 is 1.61 bits per heavy atom. The molecule has 1 fully saturated rings. The van der Waals surface area contributed by atoms with Gasteiger partial charge in [0.1, 0.15) is 0 Å². The van der Waals surface area contributed by atoms with Crippen molar-refractivity contribution in [3.8, 4) is 0 Å². The first-order valence-corrected chi connectivity index (χ1v) is 6.77. The van der Waals surface area contributed by atoms with Crippen LogP contribution in [0.4, 0.5) is 10.2 Å². The Morgan fingerprint density at radius 2 is 2.39 bits per heavy atom. The molecule has 1 atom stereocenters. The summed E-state index contributed by atoms with van der Waals surface area (Å²) in [7, 11) is 0. The number of halogens is 2. The third-order valence-electron chi connectivity index (χ3n) is 3.20. The zero-order chi connectivity index (χ0) is 13.1. The minimum atomic E-state index is -0.334. The average Bonchev–Trinajstić information content (AvgIpc) is 2.74. The van der Waals surface area contributed by atoms with Crippen LogP contribution in [0.1, 0.15) is 26.7 Å². The van der Waals surface area contributed by atoms with E-state index in [1.807, 2.05) is 4.90 Å². The van der Waals surface area contributed by atoms with Crippen molar-refractivity contribution in [1.29, 1.82) is 0 Å². The zero-order valence-corrected chi connectivity index (χ0v) is 11.5. The summed E-state index contributed by atoms with van der Waals surface area (Å²) in [5.74, 6) is 0.0893. The molecule has 0 spiro atoms. The van der Waals surface area contributed by atoms with E-state index in [1.54, 1.807) is 0 Å². The van der Waals surface area contributed by atoms with E-state index in [2.05, 4.69) is 24.1 Å². The molecule has 0 radical (unpaired) electrons. The molecule has 0 amide bonds. The second kappa shape index (κ2) is 5.85. The number of aromatic nitrogens is 1. The molecule has 18 heavy (non-hydrogen) atoms. The molecule has 1 N–H and O–H groups in total. The standard InChI is InChI=1S/C13H19ClFN3/c1-9(2)16-8-11-4-3-5-18(11)13-12(15)6-10(14)7-17-13/h6-7,9,11,16H,3-5,8H2,1-2H3. The lowest BCUT2D eigenvalue weighted by atomic mass is 10.2. The predicted octanol–water partition coefficient (Wildman–Crippen LogP) is 2.84. The van der Waals surface area contributed by atoms with Gasteiger partial charge in [0.15, 0.2) is 11.6 Å². The normalized spacial score (nSPS) is 19.8. The molecule has 1 saturated heterocycles. The Morgan fingerprint density at radius 3 is 3.06 bits per heavy atom. The predicted molar refractivity (Wildman–Crippen MR) is 72.7 cm³/mol. The summed E-state index contributed by atoms with van der Waals surface area (Å²) in [5.41, 5.74) is 0. The summed E-state index contributed by atoms with van der Waals surface area (Å²) in [6.45, 7) is 5.94. The zero-order valence-electron chi connectivity index (χ0n) is 10.8. The smallest absolute Gasteiger partial charge is 0.167 e. The van der Waals surface area contributed by atoms with Crippen LogP contribution in [-0.2, 0) is 0 Å². The van der Waals surface area contributed by atoms with Crippen molar-refractivity contribution in [3.05, 3.63) is 23.1 Å². The van der Waals surface area contributed by atoms with Crippen molar-refractivity contribution in [2.45, 2.75) is 38.8 Å². The van der Waals surface area contributed by atoms with Crippen LogP contribution < -0.4 is 10.2 Å². The number of nitrogens with zero attached hydrogens (tertiary/aromatic N) is 2. The Balaban J connectivity index is 2.10. The Kier molecular flexibility index (Phi) is 4.40. The van der Waals surface area contributed by atoms with Gasteiger partial charge in [-0.1, -0.05) is 25.4 Å². The highest BCUT2D eigenvalue weighted by Gasteiger charge is 2.27. The molecular weight excluding hydrogens is 253 g/mol. The van der Waals surface area contributed by atoms with E-state index in [0.29, 0.717) is 22.9 Å². The minimum Gasteiger partial charge on any atom is -0.350 e. The quantitative estimate of drug-likeness (QED) is 0.913. The molecular formula is C13H19ClFN3. The van der Waals surface area contributed by atoms with Gasteiger partial charge in [0.05, 0.1) is 5.02 Å². The van der Waals surface area contributed by atoms with Gasteiger partial charge in [-0.2, -0.15) is 0 Å². The van der Waals surface area contributed by atoms with E-state index >= 15 is 0 Å². The molecule has 0 aliphatic carbocycles. The first-order chi connectivity index (χ1) is 8.58. The topological polar surface area (TPSA) is 28.2 Å². The van der Waals surface area contributed by atoms with Crippen LogP contribution in [0.2, 0.25) is 5.02 Å². The highest BCUT2D eigenvalue weighted by atomic mass is 35.5. The van der Waals surface area contributed by atoms with Gasteiger partial charge in [0.25, 0.3) is 0 Å². The molecule has 100 valence electrons. The maximum Gasteiger partial charge on any atom is 0.167 e. The molecule has 1 aromatic rings. The number of hydrogen-bond acceptors (Lipinski definition) is 3. The van der Waals surface area contributed by atoms with E-state index in [4.69, 9.17) is 11.6 Å². The lowest BCUT2D eigenvalue weighted by Crippen LogP contribution is -2.41. The third kappa shape index (κ3) is 3.12. The Bertz CT molecular complexity index is 411. The number of nitrogens with one attached hydrogen (secondary N) is 1. The lowest BCUT2D eigenvalue weighted by molar-refractivity contribution is 0.516. The minimum absolute atomic E-state index is 0.315. The van der Waals surface area contributed by atoms with Gasteiger partial charge in [-0.15, -0.1) is 0 Å². The molecule has 1 aliphatic heterocycles. The highest BCUT2D eigenvalue weighted by molar-refractivity contribution is 6.30. The maximum atomic E-state index is 13.9. The van der Waals surface area contributed by atoms with Crippen molar-refractivity contribution in [1.82, 2.24) is 10.3 Å². The van der Waals surface area contributed by atoms with E-state index in [-0.39, 0.29) is 5.82 Å². The van der Waals surface area contributed by atoms with Gasteiger partial charge in [0, 0.05) is 31.4 Å². The largest absolute Gasteiger partial charge is 0.350 e. The summed E-state index contributed by atoms with van der Waals surface area (Å²) in [5, 5.41) is 3.74. The summed E-state index contributed by atoms with van der Waals surface area (Å²) >= 11 is 5.73. The number of anilines is 1. The van der Waals surface area contributed by atoms with Crippen LogP contribution in [0.15, 0.2) is 12.3 Å². The lowest BCUT2D eigenvalue weighted by Gasteiger charge is -2.27. The van der Waals surface area contributed by atoms with Crippen LogP contribution in [0, 0.1) is 5.82 Å². The fraction of sp³-hybridized carbons (Fsp3) is 0.615. The first-order valence-electron chi connectivity index (χ1n) is 6.39. The molecule has 0 aromatic carbocycles. The molecule has 2 heterocycles. The van der Waals surface area contributed by atoms with Gasteiger partial charge in [0.2, 0.25) is 0 Å².